The monoisotopic (exact) mass is 246 g/mol. The van der Waals surface area contributed by atoms with Crippen LogP contribution in [-0.4, -0.2) is 33.2 Å². The number of nitrogens with zero attached hydrogens (tertiary/aromatic N) is 4. The summed E-state index contributed by atoms with van der Waals surface area (Å²) in [5.41, 5.74) is 2.78. The van der Waals surface area contributed by atoms with Gasteiger partial charge in [0.1, 0.15) is 0 Å². The lowest BCUT2D eigenvalue weighted by molar-refractivity contribution is 0.273. The number of benzene rings is 1. The smallest absolute Gasteiger partial charge is 0.0900 e. The minimum absolute atomic E-state index is 0.0647. The molecule has 96 valence electrons. The van der Waals surface area contributed by atoms with Crippen molar-refractivity contribution in [1.29, 1.82) is 0 Å². The molecule has 0 saturated heterocycles. The van der Waals surface area contributed by atoms with E-state index in [1.54, 1.807) is 10.9 Å². The fraction of sp³-hybridized carbons (Fsp3) is 0.385. The van der Waals surface area contributed by atoms with Crippen molar-refractivity contribution < 1.29 is 5.11 Å². The molecule has 0 amide bonds. The van der Waals surface area contributed by atoms with Crippen molar-refractivity contribution in [2.75, 3.05) is 18.0 Å². The molecule has 0 atom stereocenters. The normalized spacial score (nSPS) is 10.6. The van der Waals surface area contributed by atoms with Gasteiger partial charge in [-0.15, -0.1) is 5.10 Å². The standard InChI is InChI=1S/C13H18N4O/c1-3-16(4-2)11-5-7-12(8-6-11)17-13(10-18)9-14-15-17/h5-9,18H,3-4,10H2,1-2H3. The summed E-state index contributed by atoms with van der Waals surface area (Å²) >= 11 is 0. The van der Waals surface area contributed by atoms with Gasteiger partial charge in [0.2, 0.25) is 0 Å². The van der Waals surface area contributed by atoms with E-state index in [1.807, 2.05) is 12.1 Å². The molecule has 0 spiro atoms. The van der Waals surface area contributed by atoms with E-state index < -0.39 is 0 Å². The van der Waals surface area contributed by atoms with Crippen LogP contribution in [0.15, 0.2) is 30.5 Å². The molecule has 0 fully saturated rings. The second-order valence-corrected chi connectivity index (χ2v) is 3.98. The molecule has 0 aliphatic carbocycles. The third-order valence-corrected chi connectivity index (χ3v) is 3.00. The Hall–Kier alpha value is -1.88. The summed E-state index contributed by atoms with van der Waals surface area (Å²) in [6.45, 7) is 6.18. The summed E-state index contributed by atoms with van der Waals surface area (Å²) in [6, 6.07) is 8.10. The Morgan fingerprint density at radius 2 is 1.83 bits per heavy atom. The van der Waals surface area contributed by atoms with Crippen LogP contribution in [0.4, 0.5) is 5.69 Å². The molecule has 5 nitrogen and oxygen atoms in total. The van der Waals surface area contributed by atoms with Gasteiger partial charge in [-0.3, -0.25) is 0 Å². The van der Waals surface area contributed by atoms with Gasteiger partial charge >= 0.3 is 0 Å². The summed E-state index contributed by atoms with van der Waals surface area (Å²) in [4.78, 5) is 2.28. The number of aromatic nitrogens is 3. The van der Waals surface area contributed by atoms with Gasteiger partial charge in [-0.05, 0) is 38.1 Å². The fourth-order valence-corrected chi connectivity index (χ4v) is 1.97. The van der Waals surface area contributed by atoms with E-state index in [1.165, 1.54) is 5.69 Å². The summed E-state index contributed by atoms with van der Waals surface area (Å²) < 4.78 is 1.64. The van der Waals surface area contributed by atoms with E-state index >= 15 is 0 Å². The first-order valence-corrected chi connectivity index (χ1v) is 6.16. The van der Waals surface area contributed by atoms with Gasteiger partial charge in [0, 0.05) is 18.8 Å². The second kappa shape index (κ2) is 5.64. The topological polar surface area (TPSA) is 54.2 Å². The molecular formula is C13H18N4O. The van der Waals surface area contributed by atoms with E-state index in [0.717, 1.165) is 18.8 Å². The first-order chi connectivity index (χ1) is 8.80. The molecular weight excluding hydrogens is 228 g/mol. The SMILES string of the molecule is CCN(CC)c1ccc(-n2nncc2CO)cc1. The van der Waals surface area contributed by atoms with E-state index in [2.05, 4.69) is 41.2 Å². The maximum atomic E-state index is 9.18. The van der Waals surface area contributed by atoms with Crippen LogP contribution in [0.25, 0.3) is 5.69 Å². The molecule has 2 aromatic rings. The van der Waals surface area contributed by atoms with Crippen molar-refractivity contribution in [2.24, 2.45) is 0 Å². The molecule has 0 unspecified atom stereocenters. The summed E-state index contributed by atoms with van der Waals surface area (Å²) in [6.07, 6.45) is 1.57. The van der Waals surface area contributed by atoms with Gasteiger partial charge < -0.3 is 10.0 Å². The Morgan fingerprint density at radius 3 is 2.39 bits per heavy atom. The van der Waals surface area contributed by atoms with Crippen LogP contribution in [0.1, 0.15) is 19.5 Å². The van der Waals surface area contributed by atoms with Crippen LogP contribution in [-0.2, 0) is 6.61 Å². The molecule has 2 rings (SSSR count). The highest BCUT2D eigenvalue weighted by Crippen LogP contribution is 2.17. The van der Waals surface area contributed by atoms with Crippen LogP contribution in [0, 0.1) is 0 Å². The Kier molecular flexibility index (Phi) is 3.94. The molecule has 1 N–H and O–H groups in total. The molecule has 0 radical (unpaired) electrons. The highest BCUT2D eigenvalue weighted by Gasteiger charge is 2.06. The van der Waals surface area contributed by atoms with Gasteiger partial charge in [-0.25, -0.2) is 4.68 Å². The zero-order chi connectivity index (χ0) is 13.0. The van der Waals surface area contributed by atoms with Crippen LogP contribution in [0.5, 0.6) is 0 Å². The first-order valence-electron chi connectivity index (χ1n) is 6.16. The average molecular weight is 246 g/mol. The van der Waals surface area contributed by atoms with Gasteiger partial charge in [-0.1, -0.05) is 5.21 Å². The van der Waals surface area contributed by atoms with Crippen molar-refractivity contribution in [3.8, 4) is 5.69 Å². The molecule has 0 saturated carbocycles. The minimum Gasteiger partial charge on any atom is -0.390 e. The fourth-order valence-electron chi connectivity index (χ4n) is 1.97. The molecule has 1 heterocycles. The third-order valence-electron chi connectivity index (χ3n) is 3.00. The quantitative estimate of drug-likeness (QED) is 0.870. The Labute approximate surface area is 107 Å². The lowest BCUT2D eigenvalue weighted by Gasteiger charge is -2.21. The van der Waals surface area contributed by atoms with Gasteiger partial charge in [0.05, 0.1) is 24.2 Å². The zero-order valence-corrected chi connectivity index (χ0v) is 10.7. The van der Waals surface area contributed by atoms with Crippen LogP contribution in [0.3, 0.4) is 0 Å². The number of aliphatic hydroxyl groups is 1. The van der Waals surface area contributed by atoms with Gasteiger partial charge in [0.15, 0.2) is 0 Å². The maximum Gasteiger partial charge on any atom is 0.0900 e. The average Bonchev–Trinajstić information content (AvgIpc) is 2.89. The lowest BCUT2D eigenvalue weighted by Crippen LogP contribution is -2.21. The van der Waals surface area contributed by atoms with Gasteiger partial charge in [-0.2, -0.15) is 0 Å². The Bertz CT molecular complexity index is 488. The van der Waals surface area contributed by atoms with E-state index in [0.29, 0.717) is 5.69 Å². The van der Waals surface area contributed by atoms with Crippen LogP contribution in [0.2, 0.25) is 0 Å². The second-order valence-electron chi connectivity index (χ2n) is 3.98. The first kappa shape index (κ1) is 12.6. The zero-order valence-electron chi connectivity index (χ0n) is 10.7. The largest absolute Gasteiger partial charge is 0.390 e. The van der Waals surface area contributed by atoms with Crippen molar-refractivity contribution >= 4 is 5.69 Å². The summed E-state index contributed by atoms with van der Waals surface area (Å²) in [5.74, 6) is 0. The number of rotatable bonds is 5. The van der Waals surface area contributed by atoms with Crippen molar-refractivity contribution in [3.05, 3.63) is 36.2 Å². The molecule has 0 aliphatic rings. The number of anilines is 1. The molecule has 1 aromatic heterocycles. The van der Waals surface area contributed by atoms with E-state index in [-0.39, 0.29) is 6.61 Å². The van der Waals surface area contributed by atoms with Crippen molar-refractivity contribution in [1.82, 2.24) is 15.0 Å². The van der Waals surface area contributed by atoms with Crippen molar-refractivity contribution in [2.45, 2.75) is 20.5 Å². The third kappa shape index (κ3) is 2.36. The minimum atomic E-state index is -0.0647. The highest BCUT2D eigenvalue weighted by atomic mass is 16.3. The number of hydrogen-bond acceptors (Lipinski definition) is 4. The van der Waals surface area contributed by atoms with E-state index in [4.69, 9.17) is 0 Å². The molecule has 18 heavy (non-hydrogen) atoms. The van der Waals surface area contributed by atoms with E-state index in [9.17, 15) is 5.11 Å². The van der Waals surface area contributed by atoms with Crippen molar-refractivity contribution in [3.63, 3.8) is 0 Å². The summed E-state index contributed by atoms with van der Waals surface area (Å²) in [5, 5.41) is 16.9. The number of hydrogen-bond donors (Lipinski definition) is 1. The highest BCUT2D eigenvalue weighted by molar-refractivity contribution is 5.50. The molecule has 0 bridgehead atoms. The Balaban J connectivity index is 2.27. The van der Waals surface area contributed by atoms with Crippen LogP contribution < -0.4 is 4.90 Å². The molecule has 1 aromatic carbocycles. The lowest BCUT2D eigenvalue weighted by atomic mass is 10.2. The molecule has 5 heteroatoms. The van der Waals surface area contributed by atoms with Gasteiger partial charge in [0.25, 0.3) is 0 Å². The number of aliphatic hydroxyl groups excluding tert-OH is 1. The molecule has 0 aliphatic heterocycles. The van der Waals surface area contributed by atoms with Crippen LogP contribution >= 0.6 is 0 Å². The Morgan fingerprint density at radius 1 is 1.17 bits per heavy atom. The summed E-state index contributed by atoms with van der Waals surface area (Å²) in [7, 11) is 0. The predicted molar refractivity (Wildman–Crippen MR) is 70.8 cm³/mol. The predicted octanol–water partition coefficient (Wildman–Crippen LogP) is 1.61. The maximum absolute atomic E-state index is 9.18.